The zero-order valence-corrected chi connectivity index (χ0v) is 13.1. The Labute approximate surface area is 125 Å². The predicted octanol–water partition coefficient (Wildman–Crippen LogP) is 2.69. The van der Waals surface area contributed by atoms with Gasteiger partial charge in [-0.3, -0.25) is 0 Å². The molecule has 0 unspecified atom stereocenters. The van der Waals surface area contributed by atoms with Gasteiger partial charge in [0.15, 0.2) is 0 Å². The third-order valence-electron chi connectivity index (χ3n) is 2.42. The number of benzene rings is 1. The Bertz CT molecular complexity index is 517. The lowest BCUT2D eigenvalue weighted by Gasteiger charge is -2.25. The number of urea groups is 1. The molecule has 0 aliphatic heterocycles. The minimum absolute atomic E-state index is 0.0212. The van der Waals surface area contributed by atoms with E-state index in [0.29, 0.717) is 11.1 Å². The van der Waals surface area contributed by atoms with E-state index in [4.69, 9.17) is 9.84 Å². The molecule has 20 heavy (non-hydrogen) atoms. The van der Waals surface area contributed by atoms with E-state index >= 15 is 0 Å². The monoisotopic (exact) mass is 344 g/mol. The number of carbonyl (C=O) groups excluding carboxylic acids is 1. The lowest BCUT2D eigenvalue weighted by atomic mass is 10.1. The summed E-state index contributed by atoms with van der Waals surface area (Å²) in [5.41, 5.74) is -0.320. The van der Waals surface area contributed by atoms with Gasteiger partial charge in [0.25, 0.3) is 0 Å². The Kier molecular flexibility index (Phi) is 5.52. The summed E-state index contributed by atoms with van der Waals surface area (Å²) in [6, 6.07) is 4.06. The molecular weight excluding hydrogens is 328 g/mol. The maximum atomic E-state index is 11.9. The zero-order valence-electron chi connectivity index (χ0n) is 11.5. The predicted molar refractivity (Wildman–Crippen MR) is 79.2 cm³/mol. The van der Waals surface area contributed by atoms with Crippen LogP contribution in [0.4, 0.5) is 10.5 Å². The topological polar surface area (TPSA) is 87.7 Å². The van der Waals surface area contributed by atoms with Crippen molar-refractivity contribution in [2.45, 2.75) is 19.4 Å². The highest BCUT2D eigenvalue weighted by Gasteiger charge is 2.21. The number of ether oxygens (including phenoxy) is 1. The van der Waals surface area contributed by atoms with Gasteiger partial charge in [0.1, 0.15) is 0 Å². The molecule has 2 amide bonds. The Morgan fingerprint density at radius 3 is 2.60 bits per heavy atom. The second-order valence-corrected chi connectivity index (χ2v) is 5.81. The Balaban J connectivity index is 2.85. The van der Waals surface area contributed by atoms with E-state index in [1.54, 1.807) is 19.9 Å². The molecule has 0 aliphatic rings. The number of methoxy groups -OCH3 is 1. The van der Waals surface area contributed by atoms with Gasteiger partial charge < -0.3 is 20.5 Å². The van der Waals surface area contributed by atoms with Gasteiger partial charge in [-0.05, 0) is 32.0 Å². The highest BCUT2D eigenvalue weighted by Crippen LogP contribution is 2.21. The molecule has 0 radical (unpaired) electrons. The fourth-order valence-electron chi connectivity index (χ4n) is 1.66. The van der Waals surface area contributed by atoms with E-state index in [9.17, 15) is 9.59 Å². The van der Waals surface area contributed by atoms with Crippen LogP contribution >= 0.6 is 15.9 Å². The Hall–Kier alpha value is -1.60. The third-order valence-corrected chi connectivity index (χ3v) is 2.91. The minimum Gasteiger partial charge on any atom is -0.478 e. The molecule has 0 fully saturated rings. The van der Waals surface area contributed by atoms with Crippen LogP contribution in [0, 0.1) is 0 Å². The molecular formula is C13H17BrN2O4. The van der Waals surface area contributed by atoms with Crippen LogP contribution in [-0.2, 0) is 4.74 Å². The summed E-state index contributed by atoms with van der Waals surface area (Å²) in [5, 5.41) is 14.3. The highest BCUT2D eigenvalue weighted by atomic mass is 79.9. The van der Waals surface area contributed by atoms with E-state index in [1.165, 1.54) is 19.2 Å². The van der Waals surface area contributed by atoms with Crippen molar-refractivity contribution in [2.75, 3.05) is 19.0 Å². The van der Waals surface area contributed by atoms with Crippen molar-refractivity contribution in [3.8, 4) is 0 Å². The fourth-order valence-corrected chi connectivity index (χ4v) is 2.03. The first-order valence-electron chi connectivity index (χ1n) is 5.86. The Morgan fingerprint density at radius 2 is 2.05 bits per heavy atom. The molecule has 110 valence electrons. The smallest absolute Gasteiger partial charge is 0.337 e. The summed E-state index contributed by atoms with van der Waals surface area (Å²) in [5.74, 6) is -1.11. The van der Waals surface area contributed by atoms with Crippen molar-refractivity contribution < 1.29 is 19.4 Å². The first-order chi connectivity index (χ1) is 9.25. The van der Waals surface area contributed by atoms with Crippen LogP contribution in [0.3, 0.4) is 0 Å². The molecule has 0 saturated heterocycles. The molecule has 0 saturated carbocycles. The SMILES string of the molecule is COCC(C)(C)NC(=O)Nc1cc(Br)ccc1C(=O)O. The van der Waals surface area contributed by atoms with Gasteiger partial charge in [-0.25, -0.2) is 9.59 Å². The van der Waals surface area contributed by atoms with Gasteiger partial charge in [0.05, 0.1) is 23.4 Å². The number of carboxylic acid groups (broad SMARTS) is 1. The number of rotatable bonds is 5. The average molecular weight is 345 g/mol. The van der Waals surface area contributed by atoms with E-state index in [-0.39, 0.29) is 11.3 Å². The van der Waals surface area contributed by atoms with E-state index < -0.39 is 17.5 Å². The molecule has 6 nitrogen and oxygen atoms in total. The summed E-state index contributed by atoms with van der Waals surface area (Å²) >= 11 is 3.24. The second kappa shape index (κ2) is 6.71. The molecule has 0 aliphatic carbocycles. The van der Waals surface area contributed by atoms with E-state index in [1.807, 2.05) is 0 Å². The lowest BCUT2D eigenvalue weighted by Crippen LogP contribution is -2.48. The van der Waals surface area contributed by atoms with Crippen LogP contribution in [0.2, 0.25) is 0 Å². The van der Waals surface area contributed by atoms with Crippen LogP contribution in [0.5, 0.6) is 0 Å². The summed E-state index contributed by atoms with van der Waals surface area (Å²) in [4.78, 5) is 23.0. The number of carboxylic acids is 1. The number of nitrogens with one attached hydrogen (secondary N) is 2. The van der Waals surface area contributed by atoms with Crippen molar-refractivity contribution in [2.24, 2.45) is 0 Å². The molecule has 7 heteroatoms. The first kappa shape index (κ1) is 16.5. The van der Waals surface area contributed by atoms with Crippen molar-refractivity contribution in [3.63, 3.8) is 0 Å². The maximum Gasteiger partial charge on any atom is 0.337 e. The van der Waals surface area contributed by atoms with Gasteiger partial charge in [-0.1, -0.05) is 15.9 Å². The van der Waals surface area contributed by atoms with Gasteiger partial charge >= 0.3 is 12.0 Å². The average Bonchev–Trinajstić information content (AvgIpc) is 2.26. The van der Waals surface area contributed by atoms with Gasteiger partial charge in [0, 0.05) is 11.6 Å². The number of amides is 2. The summed E-state index contributed by atoms with van der Waals surface area (Å²) in [6.45, 7) is 3.94. The maximum absolute atomic E-state index is 11.9. The molecule has 0 spiro atoms. The lowest BCUT2D eigenvalue weighted by molar-refractivity contribution is 0.0698. The molecule has 3 N–H and O–H groups in total. The first-order valence-corrected chi connectivity index (χ1v) is 6.65. The molecule has 0 heterocycles. The third kappa shape index (κ3) is 4.82. The molecule has 1 aromatic rings. The van der Waals surface area contributed by atoms with E-state index in [0.717, 1.165) is 0 Å². The molecule has 1 rings (SSSR count). The normalized spacial score (nSPS) is 11.0. The van der Waals surface area contributed by atoms with Gasteiger partial charge in [-0.2, -0.15) is 0 Å². The van der Waals surface area contributed by atoms with Crippen LogP contribution in [0.15, 0.2) is 22.7 Å². The van der Waals surface area contributed by atoms with Gasteiger partial charge in [-0.15, -0.1) is 0 Å². The number of hydrogen-bond donors (Lipinski definition) is 3. The van der Waals surface area contributed by atoms with Crippen LogP contribution in [0.1, 0.15) is 24.2 Å². The number of aromatic carboxylic acids is 1. The number of hydrogen-bond acceptors (Lipinski definition) is 3. The van der Waals surface area contributed by atoms with Crippen LogP contribution in [-0.4, -0.2) is 36.4 Å². The van der Waals surface area contributed by atoms with Crippen molar-refractivity contribution in [1.29, 1.82) is 0 Å². The quantitative estimate of drug-likeness (QED) is 0.766. The fraction of sp³-hybridized carbons (Fsp3) is 0.385. The van der Waals surface area contributed by atoms with Crippen molar-refractivity contribution >= 4 is 33.6 Å². The summed E-state index contributed by atoms with van der Waals surface area (Å²) in [7, 11) is 1.54. The molecule has 0 atom stereocenters. The standard InChI is InChI=1S/C13H17BrN2O4/c1-13(2,7-20-3)16-12(19)15-10-6-8(14)4-5-9(10)11(17)18/h4-6H,7H2,1-3H3,(H,17,18)(H2,15,16,19). The van der Waals surface area contributed by atoms with Crippen LogP contribution < -0.4 is 10.6 Å². The van der Waals surface area contributed by atoms with Crippen LogP contribution in [0.25, 0.3) is 0 Å². The summed E-state index contributed by atoms with van der Waals surface area (Å²) in [6.07, 6.45) is 0. The number of carbonyl (C=O) groups is 2. The van der Waals surface area contributed by atoms with Crippen molar-refractivity contribution in [1.82, 2.24) is 5.32 Å². The molecule has 0 aromatic heterocycles. The zero-order chi connectivity index (χ0) is 15.3. The van der Waals surface area contributed by atoms with Crippen molar-refractivity contribution in [3.05, 3.63) is 28.2 Å². The minimum atomic E-state index is -1.11. The highest BCUT2D eigenvalue weighted by molar-refractivity contribution is 9.10. The number of halogens is 1. The molecule has 1 aromatic carbocycles. The van der Waals surface area contributed by atoms with E-state index in [2.05, 4.69) is 26.6 Å². The second-order valence-electron chi connectivity index (χ2n) is 4.89. The number of anilines is 1. The molecule has 0 bridgehead atoms. The Morgan fingerprint density at radius 1 is 1.40 bits per heavy atom. The largest absolute Gasteiger partial charge is 0.478 e. The van der Waals surface area contributed by atoms with Gasteiger partial charge in [0.2, 0.25) is 0 Å². The summed E-state index contributed by atoms with van der Waals surface area (Å²) < 4.78 is 5.67.